The summed E-state index contributed by atoms with van der Waals surface area (Å²) in [7, 11) is 0. The third kappa shape index (κ3) is 3.85. The number of carbonyl (C=O) groups excluding carboxylic acids is 3. The van der Waals surface area contributed by atoms with E-state index in [-0.39, 0.29) is 43.0 Å². The highest BCUT2D eigenvalue weighted by atomic mass is 32.2. The Kier molecular flexibility index (Phi) is 7.55. The quantitative estimate of drug-likeness (QED) is 0.479. The number of nitrogens with zero attached hydrogens (tertiary/aromatic N) is 1. The van der Waals surface area contributed by atoms with Gasteiger partial charge in [0.25, 0.3) is 0 Å². The first-order chi connectivity index (χ1) is 15.1. The molecule has 3 rings (SSSR count). The van der Waals surface area contributed by atoms with Gasteiger partial charge in [-0.1, -0.05) is 33.6 Å². The van der Waals surface area contributed by atoms with Crippen LogP contribution in [0.15, 0.2) is 0 Å². The Morgan fingerprint density at radius 3 is 2.53 bits per heavy atom. The molecule has 3 aliphatic rings. The third-order valence-electron chi connectivity index (χ3n) is 7.96. The Balaban J connectivity index is 2.07. The number of aliphatic hydroxyl groups excluding tert-OH is 1. The maximum atomic E-state index is 14.0. The number of thioether (sulfide) groups is 1. The lowest BCUT2D eigenvalue weighted by Gasteiger charge is -2.39. The van der Waals surface area contributed by atoms with Gasteiger partial charge in [-0.15, -0.1) is 11.8 Å². The van der Waals surface area contributed by atoms with Crippen LogP contribution in [0.5, 0.6) is 0 Å². The van der Waals surface area contributed by atoms with Gasteiger partial charge >= 0.3 is 5.97 Å². The Labute approximate surface area is 196 Å². The highest BCUT2D eigenvalue weighted by Crippen LogP contribution is 2.71. The van der Waals surface area contributed by atoms with Gasteiger partial charge in [-0.2, -0.15) is 0 Å². The summed E-state index contributed by atoms with van der Waals surface area (Å²) in [4.78, 5) is 42.4. The molecule has 0 aromatic carbocycles. The minimum absolute atomic E-state index is 0.00359. The van der Waals surface area contributed by atoms with E-state index in [4.69, 9.17) is 4.74 Å². The lowest BCUT2D eigenvalue weighted by molar-refractivity contribution is -0.155. The van der Waals surface area contributed by atoms with Crippen molar-refractivity contribution >= 4 is 29.5 Å². The van der Waals surface area contributed by atoms with Crippen molar-refractivity contribution in [2.75, 3.05) is 13.2 Å². The molecule has 1 spiro atoms. The first-order valence-electron chi connectivity index (χ1n) is 12.2. The average molecular weight is 469 g/mol. The molecule has 8 atom stereocenters. The van der Waals surface area contributed by atoms with Gasteiger partial charge in [-0.25, -0.2) is 0 Å². The minimum Gasteiger partial charge on any atom is -0.466 e. The van der Waals surface area contributed by atoms with Gasteiger partial charge in [0.2, 0.25) is 11.8 Å². The molecule has 2 amide bonds. The van der Waals surface area contributed by atoms with E-state index in [9.17, 15) is 19.5 Å². The maximum absolute atomic E-state index is 14.0. The molecule has 0 radical (unpaired) electrons. The summed E-state index contributed by atoms with van der Waals surface area (Å²) in [6.07, 6.45) is 4.05. The summed E-state index contributed by atoms with van der Waals surface area (Å²) in [6, 6.07) is -1.16. The van der Waals surface area contributed by atoms with Crippen molar-refractivity contribution in [1.82, 2.24) is 10.2 Å². The van der Waals surface area contributed by atoms with E-state index in [0.717, 1.165) is 25.7 Å². The lowest BCUT2D eigenvalue weighted by Crippen LogP contribution is -2.58. The van der Waals surface area contributed by atoms with Crippen LogP contribution in [0.3, 0.4) is 0 Å². The fraction of sp³-hybridized carbons (Fsp3) is 0.875. The van der Waals surface area contributed by atoms with Crippen molar-refractivity contribution in [1.29, 1.82) is 0 Å². The van der Waals surface area contributed by atoms with Gasteiger partial charge in [0.1, 0.15) is 6.04 Å². The lowest BCUT2D eigenvalue weighted by atomic mass is 9.66. The number of hydrogen-bond acceptors (Lipinski definition) is 6. The summed E-state index contributed by atoms with van der Waals surface area (Å²) in [6.45, 7) is 12.0. The number of ether oxygens (including phenoxy) is 1. The smallest absolute Gasteiger partial charge is 0.311 e. The average Bonchev–Trinajstić information content (AvgIpc) is 3.30. The molecule has 2 N–H and O–H groups in total. The van der Waals surface area contributed by atoms with Crippen molar-refractivity contribution in [2.24, 2.45) is 17.8 Å². The van der Waals surface area contributed by atoms with Gasteiger partial charge in [-0.05, 0) is 46.0 Å². The van der Waals surface area contributed by atoms with Gasteiger partial charge in [0.05, 0.1) is 35.8 Å². The predicted molar refractivity (Wildman–Crippen MR) is 125 cm³/mol. The molecular weight excluding hydrogens is 428 g/mol. The third-order valence-corrected chi connectivity index (χ3v) is 9.94. The Morgan fingerprint density at radius 1 is 1.28 bits per heavy atom. The van der Waals surface area contributed by atoms with Crippen LogP contribution in [0.1, 0.15) is 73.6 Å². The van der Waals surface area contributed by atoms with Crippen LogP contribution in [-0.4, -0.2) is 68.6 Å². The number of nitrogens with one attached hydrogen (secondary N) is 1. The topological polar surface area (TPSA) is 95.9 Å². The number of fused-ring (bicyclic) bond motifs is 1. The number of rotatable bonds is 10. The predicted octanol–water partition coefficient (Wildman–Crippen LogP) is 2.74. The van der Waals surface area contributed by atoms with E-state index in [1.165, 1.54) is 0 Å². The SMILES string of the molecule is CCCC(C)NC(=O)C1N([C@@H](CO)[C@@H](C)CC)C(=O)[C@@H]2[C@@H](C(=O)OCC)[C@@]3(C)CCC12S3. The number of amides is 2. The number of esters is 1. The van der Waals surface area contributed by atoms with E-state index in [1.54, 1.807) is 23.6 Å². The van der Waals surface area contributed by atoms with E-state index in [1.807, 2.05) is 27.7 Å². The number of carbonyl (C=O) groups is 3. The van der Waals surface area contributed by atoms with E-state index in [2.05, 4.69) is 12.2 Å². The zero-order valence-corrected chi connectivity index (χ0v) is 21.2. The van der Waals surface area contributed by atoms with Crippen LogP contribution in [0, 0.1) is 17.8 Å². The highest BCUT2D eigenvalue weighted by molar-refractivity contribution is 8.02. The monoisotopic (exact) mass is 468 g/mol. The van der Waals surface area contributed by atoms with Gasteiger partial charge in [0.15, 0.2) is 0 Å². The van der Waals surface area contributed by atoms with Crippen LogP contribution in [0.4, 0.5) is 0 Å². The molecule has 182 valence electrons. The summed E-state index contributed by atoms with van der Waals surface area (Å²) in [5.74, 6) is -1.82. The van der Waals surface area contributed by atoms with Crippen molar-refractivity contribution < 1.29 is 24.2 Å². The molecule has 3 unspecified atom stereocenters. The number of hydrogen-bond donors (Lipinski definition) is 2. The standard InChI is InChI=1S/C24H40N2O5S/c1-7-10-15(5)25-20(28)19-24-12-11-23(6,32-24)18(22(30)31-9-3)17(24)21(29)26(19)16(13-27)14(4)8-2/h14-19,27H,7-13H2,1-6H3,(H,25,28)/t14-,15?,16-,17-,18-,19?,23+,24?/m0/s1. The summed E-state index contributed by atoms with van der Waals surface area (Å²) >= 11 is 1.64. The highest BCUT2D eigenvalue weighted by Gasteiger charge is 2.78. The van der Waals surface area contributed by atoms with Crippen molar-refractivity contribution in [3.8, 4) is 0 Å². The molecule has 3 aliphatic heterocycles. The van der Waals surface area contributed by atoms with Crippen LogP contribution in [0.25, 0.3) is 0 Å². The second-order valence-electron chi connectivity index (χ2n) is 10.1. The van der Waals surface area contributed by atoms with E-state index in [0.29, 0.717) is 6.42 Å². The van der Waals surface area contributed by atoms with Crippen molar-refractivity contribution in [2.45, 2.75) is 101 Å². The van der Waals surface area contributed by atoms with Crippen molar-refractivity contribution in [3.63, 3.8) is 0 Å². The molecule has 2 bridgehead atoms. The first kappa shape index (κ1) is 25.3. The Bertz CT molecular complexity index is 748. The molecule has 0 aromatic heterocycles. The molecule has 3 heterocycles. The second kappa shape index (κ2) is 9.53. The molecule has 3 saturated heterocycles. The second-order valence-corrected chi connectivity index (χ2v) is 12.0. The Morgan fingerprint density at radius 2 is 1.97 bits per heavy atom. The molecule has 0 aliphatic carbocycles. The zero-order valence-electron chi connectivity index (χ0n) is 20.3. The molecule has 7 nitrogen and oxygen atoms in total. The maximum Gasteiger partial charge on any atom is 0.311 e. The number of likely N-dealkylation sites (tertiary alicyclic amines) is 1. The summed E-state index contributed by atoms with van der Waals surface area (Å²) in [5.41, 5.74) is 0. The normalized spacial score (nSPS) is 36.0. The zero-order chi connectivity index (χ0) is 23.8. The van der Waals surface area contributed by atoms with Gasteiger partial charge in [-0.3, -0.25) is 14.4 Å². The number of aliphatic hydroxyl groups is 1. The fourth-order valence-corrected chi connectivity index (χ4v) is 8.58. The molecule has 32 heavy (non-hydrogen) atoms. The molecule has 0 aromatic rings. The fourth-order valence-electron chi connectivity index (χ4n) is 6.25. The minimum atomic E-state index is -0.697. The Hall–Kier alpha value is -1.28. The first-order valence-corrected chi connectivity index (χ1v) is 13.0. The largest absolute Gasteiger partial charge is 0.466 e. The van der Waals surface area contributed by atoms with Crippen LogP contribution >= 0.6 is 11.8 Å². The molecule has 8 heteroatoms. The van der Waals surface area contributed by atoms with Crippen LogP contribution < -0.4 is 5.32 Å². The summed E-state index contributed by atoms with van der Waals surface area (Å²) in [5, 5.41) is 13.4. The molecular formula is C24H40N2O5S. The van der Waals surface area contributed by atoms with E-state index < -0.39 is 33.4 Å². The molecule has 0 saturated carbocycles. The van der Waals surface area contributed by atoms with Crippen molar-refractivity contribution in [3.05, 3.63) is 0 Å². The van der Waals surface area contributed by atoms with Crippen LogP contribution in [-0.2, 0) is 19.1 Å². The van der Waals surface area contributed by atoms with Crippen LogP contribution in [0.2, 0.25) is 0 Å². The van der Waals surface area contributed by atoms with Gasteiger partial charge in [0, 0.05) is 10.8 Å². The van der Waals surface area contributed by atoms with E-state index >= 15 is 0 Å². The summed E-state index contributed by atoms with van der Waals surface area (Å²) < 4.78 is 4.32. The van der Waals surface area contributed by atoms with Gasteiger partial charge < -0.3 is 20.1 Å². The molecule has 3 fully saturated rings.